The predicted octanol–water partition coefficient (Wildman–Crippen LogP) is 2.18. The maximum atomic E-state index is 11.9. The molecule has 0 amide bonds. The normalized spacial score (nSPS) is 19.3. The smallest absolute Gasteiger partial charge is 0.212 e. The summed E-state index contributed by atoms with van der Waals surface area (Å²) in [6.07, 6.45) is 2.32. The molecule has 4 nitrogen and oxygen atoms in total. The molecule has 1 saturated heterocycles. The van der Waals surface area contributed by atoms with Gasteiger partial charge in [0.25, 0.3) is 0 Å². The van der Waals surface area contributed by atoms with E-state index in [1.165, 1.54) is 18.2 Å². The van der Waals surface area contributed by atoms with E-state index in [1.807, 2.05) is 36.0 Å². The van der Waals surface area contributed by atoms with E-state index in [9.17, 15) is 8.42 Å². The predicted molar refractivity (Wildman–Crippen MR) is 88.8 cm³/mol. The van der Waals surface area contributed by atoms with E-state index in [-0.39, 0.29) is 5.75 Å². The fourth-order valence-corrected chi connectivity index (χ4v) is 5.61. The van der Waals surface area contributed by atoms with Gasteiger partial charge in [0.05, 0.1) is 5.75 Å². The zero-order valence-corrected chi connectivity index (χ0v) is 13.7. The van der Waals surface area contributed by atoms with Crippen LogP contribution in [0.25, 0.3) is 0 Å². The average molecular weight is 333 g/mol. The molecule has 1 unspecified atom stereocenters. The summed E-state index contributed by atoms with van der Waals surface area (Å²) in [5.74, 6) is 1.86. The highest BCUT2D eigenvalue weighted by Gasteiger charge is 2.18. The van der Waals surface area contributed by atoms with E-state index in [0.29, 0.717) is 17.5 Å². The fourth-order valence-electron chi connectivity index (χ4n) is 1.93. The molecule has 1 aliphatic rings. The van der Waals surface area contributed by atoms with Crippen LogP contribution in [0.4, 0.5) is 5.69 Å². The van der Waals surface area contributed by atoms with E-state index in [1.54, 1.807) is 0 Å². The molecule has 1 heterocycles. The van der Waals surface area contributed by atoms with Crippen molar-refractivity contribution in [3.05, 3.63) is 24.3 Å². The van der Waals surface area contributed by atoms with Crippen LogP contribution in [-0.4, -0.2) is 37.5 Å². The topological polar surface area (TPSA) is 72.2 Å². The zero-order chi connectivity index (χ0) is 14.4. The Morgan fingerprint density at radius 2 is 2.10 bits per heavy atom. The van der Waals surface area contributed by atoms with E-state index in [4.69, 9.17) is 5.73 Å². The molecule has 0 spiro atoms. The van der Waals surface area contributed by atoms with Gasteiger partial charge in [-0.1, -0.05) is 0 Å². The van der Waals surface area contributed by atoms with Crippen molar-refractivity contribution in [3.63, 3.8) is 0 Å². The van der Waals surface area contributed by atoms with Crippen LogP contribution in [0.15, 0.2) is 29.2 Å². The van der Waals surface area contributed by atoms with Crippen molar-refractivity contribution in [2.45, 2.75) is 23.0 Å². The number of thioether (sulfide) groups is 2. The van der Waals surface area contributed by atoms with Crippen LogP contribution < -0.4 is 10.5 Å². The first-order chi connectivity index (χ1) is 9.55. The minimum atomic E-state index is -3.16. The monoisotopic (exact) mass is 332 g/mol. The van der Waals surface area contributed by atoms with Gasteiger partial charge in [0.15, 0.2) is 0 Å². The molecule has 3 N–H and O–H groups in total. The summed E-state index contributed by atoms with van der Waals surface area (Å²) in [6.45, 7) is 0.569. The van der Waals surface area contributed by atoms with Crippen LogP contribution in [0.1, 0.15) is 12.8 Å². The number of hydrogen-bond acceptors (Lipinski definition) is 5. The van der Waals surface area contributed by atoms with Crippen LogP contribution in [-0.2, 0) is 10.0 Å². The van der Waals surface area contributed by atoms with Gasteiger partial charge in [0.2, 0.25) is 10.0 Å². The lowest BCUT2D eigenvalue weighted by atomic mass is 10.2. The van der Waals surface area contributed by atoms with Gasteiger partial charge in [0, 0.05) is 28.1 Å². The van der Waals surface area contributed by atoms with Crippen molar-refractivity contribution < 1.29 is 8.42 Å². The highest BCUT2D eigenvalue weighted by molar-refractivity contribution is 8.00. The zero-order valence-electron chi connectivity index (χ0n) is 11.2. The number of hydrogen-bond donors (Lipinski definition) is 2. The van der Waals surface area contributed by atoms with Gasteiger partial charge in [0.1, 0.15) is 0 Å². The molecule has 2 rings (SSSR count). The van der Waals surface area contributed by atoms with Crippen LogP contribution in [0, 0.1) is 0 Å². The van der Waals surface area contributed by atoms with E-state index >= 15 is 0 Å². The van der Waals surface area contributed by atoms with Crippen LogP contribution in [0.2, 0.25) is 0 Å². The number of nitrogens with two attached hydrogens (primary N) is 1. The summed E-state index contributed by atoms with van der Waals surface area (Å²) < 4.78 is 26.5. The van der Waals surface area contributed by atoms with Gasteiger partial charge < -0.3 is 5.73 Å². The Labute approximate surface area is 129 Å². The minimum Gasteiger partial charge on any atom is -0.399 e. The summed E-state index contributed by atoms with van der Waals surface area (Å²) in [4.78, 5) is 1.04. The molecule has 1 aliphatic heterocycles. The highest BCUT2D eigenvalue weighted by Crippen LogP contribution is 2.25. The third kappa shape index (κ3) is 5.55. The van der Waals surface area contributed by atoms with Gasteiger partial charge in [-0.2, -0.15) is 11.8 Å². The first kappa shape index (κ1) is 16.0. The van der Waals surface area contributed by atoms with Gasteiger partial charge >= 0.3 is 0 Å². The van der Waals surface area contributed by atoms with Gasteiger partial charge in [-0.15, -0.1) is 11.8 Å². The Kier molecular flexibility index (Phi) is 6.07. The number of anilines is 1. The quantitative estimate of drug-likeness (QED) is 0.591. The first-order valence-corrected chi connectivity index (χ1v) is 10.3. The average Bonchev–Trinajstić information content (AvgIpc) is 2.92. The lowest BCUT2D eigenvalue weighted by Gasteiger charge is -2.10. The Morgan fingerprint density at radius 1 is 1.35 bits per heavy atom. The van der Waals surface area contributed by atoms with Crippen molar-refractivity contribution in [3.8, 4) is 0 Å². The second kappa shape index (κ2) is 7.59. The largest absolute Gasteiger partial charge is 0.399 e. The molecule has 20 heavy (non-hydrogen) atoms. The number of rotatable bonds is 7. The van der Waals surface area contributed by atoms with Crippen molar-refractivity contribution >= 4 is 39.2 Å². The molecule has 0 saturated carbocycles. The Hall–Kier alpha value is -0.370. The van der Waals surface area contributed by atoms with E-state index < -0.39 is 10.0 Å². The Bertz CT molecular complexity index is 511. The van der Waals surface area contributed by atoms with Crippen molar-refractivity contribution in [2.75, 3.05) is 29.5 Å². The standard InChI is InChI=1S/C13H20N2O2S3/c14-11-3-5-12(6-4-11)19-8-9-20(16,17)15-10-13-2-1-7-18-13/h3-6,13,15H,1-2,7-10,14H2. The highest BCUT2D eigenvalue weighted by atomic mass is 32.2. The molecular weight excluding hydrogens is 312 g/mol. The number of sulfonamides is 1. The lowest BCUT2D eigenvalue weighted by molar-refractivity contribution is 0.580. The second-order valence-electron chi connectivity index (χ2n) is 4.72. The summed E-state index contributed by atoms with van der Waals surface area (Å²) in [5.41, 5.74) is 6.33. The molecule has 112 valence electrons. The number of benzene rings is 1. The van der Waals surface area contributed by atoms with Gasteiger partial charge in [-0.3, -0.25) is 0 Å². The number of nitrogen functional groups attached to an aromatic ring is 1. The third-order valence-electron chi connectivity index (χ3n) is 3.06. The summed E-state index contributed by atoms with van der Waals surface area (Å²) in [7, 11) is -3.16. The Morgan fingerprint density at radius 3 is 2.75 bits per heavy atom. The van der Waals surface area contributed by atoms with Crippen LogP contribution >= 0.6 is 23.5 Å². The van der Waals surface area contributed by atoms with Crippen molar-refractivity contribution in [1.29, 1.82) is 0 Å². The van der Waals surface area contributed by atoms with Gasteiger partial charge in [-0.05, 0) is 42.9 Å². The molecule has 1 aromatic rings. The van der Waals surface area contributed by atoms with Crippen molar-refractivity contribution in [1.82, 2.24) is 4.72 Å². The molecule has 1 aromatic carbocycles. The SMILES string of the molecule is Nc1ccc(SCCS(=O)(=O)NCC2CCCS2)cc1. The molecule has 0 radical (unpaired) electrons. The maximum Gasteiger partial charge on any atom is 0.212 e. The molecule has 1 atom stereocenters. The van der Waals surface area contributed by atoms with Crippen molar-refractivity contribution in [2.24, 2.45) is 0 Å². The summed E-state index contributed by atoms with van der Waals surface area (Å²) >= 11 is 3.40. The molecule has 7 heteroatoms. The molecule has 0 aliphatic carbocycles. The molecule has 0 bridgehead atoms. The summed E-state index contributed by atoms with van der Waals surface area (Å²) in [5, 5.41) is 0.453. The second-order valence-corrected chi connectivity index (χ2v) is 9.22. The third-order valence-corrected chi connectivity index (χ3v) is 7.07. The maximum absolute atomic E-state index is 11.9. The van der Waals surface area contributed by atoms with E-state index in [0.717, 1.165) is 22.8 Å². The minimum absolute atomic E-state index is 0.152. The van der Waals surface area contributed by atoms with E-state index in [2.05, 4.69) is 4.72 Å². The molecule has 1 fully saturated rings. The lowest BCUT2D eigenvalue weighted by Crippen LogP contribution is -2.32. The summed E-state index contributed by atoms with van der Waals surface area (Å²) in [6, 6.07) is 7.48. The molecular formula is C13H20N2O2S3. The van der Waals surface area contributed by atoms with Crippen LogP contribution in [0.5, 0.6) is 0 Å². The Balaban J connectivity index is 1.70. The van der Waals surface area contributed by atoms with Crippen LogP contribution in [0.3, 0.4) is 0 Å². The molecule has 0 aromatic heterocycles. The van der Waals surface area contributed by atoms with Gasteiger partial charge in [-0.25, -0.2) is 13.1 Å². The fraction of sp³-hybridized carbons (Fsp3) is 0.538. The number of nitrogens with one attached hydrogen (secondary N) is 1. The first-order valence-electron chi connectivity index (χ1n) is 6.62.